The highest BCUT2D eigenvalue weighted by atomic mass is 32.2. The number of benzene rings is 3. The average molecular weight is 729 g/mol. The number of aromatic nitrogens is 5. The zero-order valence-corrected chi connectivity index (χ0v) is 30.9. The number of aldehydes is 1. The summed E-state index contributed by atoms with van der Waals surface area (Å²) in [5.41, 5.74) is 1.76. The summed E-state index contributed by atoms with van der Waals surface area (Å²) in [6, 6.07) is 24.4. The van der Waals surface area contributed by atoms with E-state index < -0.39 is 32.2 Å². The van der Waals surface area contributed by atoms with E-state index in [4.69, 9.17) is 19.1 Å². The van der Waals surface area contributed by atoms with Crippen LogP contribution < -0.4 is 15.7 Å². The number of fused-ring (bicyclic) bond motifs is 1. The number of thioether (sulfide) groups is 1. The standard InChI is InChI=1S/C38H42F2N6O3SSi/c1-5-18-50-37-42-35(41-31-21-28(31)24-16-17-29(39)30(40)19-24)34-36(43-37)46(45-44-34)32-20-25(22-47)49-33(32)23-48-51(38(2,3)4,26-12-8-6-9-13-26)27-14-10-7-11-15-27/h6-17,19,22,25,28,31-33H,5,18,20-21,23H2,1-4H3,(H,41,42,43)/t25-,28+,31-,32-,33+/m1/s1. The minimum atomic E-state index is -2.90. The minimum absolute atomic E-state index is 0.00601. The van der Waals surface area contributed by atoms with Gasteiger partial charge in [0.2, 0.25) is 0 Å². The quantitative estimate of drug-likeness (QED) is 0.0635. The molecule has 9 nitrogen and oxygen atoms in total. The number of hydrogen-bond acceptors (Lipinski definition) is 9. The van der Waals surface area contributed by atoms with Gasteiger partial charge >= 0.3 is 0 Å². The number of ether oxygens (including phenoxy) is 1. The van der Waals surface area contributed by atoms with Crippen molar-refractivity contribution in [1.82, 2.24) is 25.0 Å². The highest BCUT2D eigenvalue weighted by Crippen LogP contribution is 2.44. The van der Waals surface area contributed by atoms with Crippen LogP contribution in [0.1, 0.15) is 64.5 Å². The predicted molar refractivity (Wildman–Crippen MR) is 197 cm³/mol. The van der Waals surface area contributed by atoms with Crippen molar-refractivity contribution >= 4 is 53.7 Å². The smallest absolute Gasteiger partial charge is 0.261 e. The number of carbonyl (C=O) groups excluding carboxylic acids is 1. The molecule has 2 fully saturated rings. The maximum Gasteiger partial charge on any atom is 0.261 e. The summed E-state index contributed by atoms with van der Waals surface area (Å²) >= 11 is 1.54. The van der Waals surface area contributed by atoms with Gasteiger partial charge in [-0.1, -0.05) is 111 Å². The normalized spacial score (nSPS) is 22.0. The van der Waals surface area contributed by atoms with Gasteiger partial charge in [0.25, 0.3) is 8.32 Å². The van der Waals surface area contributed by atoms with E-state index >= 15 is 0 Å². The molecule has 51 heavy (non-hydrogen) atoms. The molecule has 0 amide bonds. The molecule has 1 aliphatic carbocycles. The van der Waals surface area contributed by atoms with Gasteiger partial charge in [0.05, 0.1) is 12.6 Å². The third-order valence-electron chi connectivity index (χ3n) is 9.82. The second kappa shape index (κ2) is 14.5. The Kier molecular flexibility index (Phi) is 10.1. The van der Waals surface area contributed by atoms with Crippen LogP contribution in [0.2, 0.25) is 5.04 Å². The number of nitrogens with zero attached hydrogens (tertiary/aromatic N) is 5. The monoisotopic (exact) mass is 728 g/mol. The van der Waals surface area contributed by atoms with E-state index in [1.165, 1.54) is 6.07 Å². The van der Waals surface area contributed by atoms with E-state index in [1.807, 2.05) is 12.1 Å². The number of rotatable bonds is 13. The van der Waals surface area contributed by atoms with Gasteiger partial charge in [-0.15, -0.1) is 5.10 Å². The Hall–Kier alpha value is -4.04. The molecule has 3 heterocycles. The van der Waals surface area contributed by atoms with Gasteiger partial charge in [0.1, 0.15) is 18.5 Å². The van der Waals surface area contributed by atoms with Gasteiger partial charge < -0.3 is 19.3 Å². The van der Waals surface area contributed by atoms with Crippen LogP contribution in [-0.2, 0) is 14.0 Å². The molecule has 2 aliphatic rings. The first-order valence-electron chi connectivity index (χ1n) is 17.5. The molecule has 1 aliphatic heterocycles. The molecule has 0 bridgehead atoms. The fraction of sp³-hybridized carbons (Fsp3) is 0.395. The van der Waals surface area contributed by atoms with Crippen molar-refractivity contribution < 1.29 is 22.7 Å². The number of anilines is 1. The lowest BCUT2D eigenvalue weighted by Crippen LogP contribution is -2.67. The molecule has 13 heteroatoms. The zero-order valence-electron chi connectivity index (χ0n) is 29.1. The summed E-state index contributed by atoms with van der Waals surface area (Å²) in [6.45, 7) is 9.00. The highest BCUT2D eigenvalue weighted by Gasteiger charge is 2.51. The van der Waals surface area contributed by atoms with Crippen LogP contribution in [0.15, 0.2) is 84.0 Å². The molecule has 1 saturated carbocycles. The van der Waals surface area contributed by atoms with E-state index in [9.17, 15) is 13.6 Å². The van der Waals surface area contributed by atoms with Crippen LogP contribution in [0.25, 0.3) is 11.2 Å². The van der Waals surface area contributed by atoms with Crippen LogP contribution in [0, 0.1) is 11.6 Å². The van der Waals surface area contributed by atoms with E-state index in [-0.39, 0.29) is 29.6 Å². The molecule has 2 aromatic heterocycles. The van der Waals surface area contributed by atoms with Crippen LogP contribution in [0.5, 0.6) is 0 Å². The molecule has 3 aromatic carbocycles. The molecule has 0 spiro atoms. The Morgan fingerprint density at radius 2 is 1.71 bits per heavy atom. The molecule has 0 unspecified atom stereocenters. The van der Waals surface area contributed by atoms with Crippen molar-refractivity contribution in [2.75, 3.05) is 17.7 Å². The second-order valence-corrected chi connectivity index (χ2v) is 19.7. The average Bonchev–Trinajstić information content (AvgIpc) is 3.56. The molecular formula is C38H42F2N6O3SSi. The molecule has 7 rings (SSSR count). The fourth-order valence-corrected chi connectivity index (χ4v) is 12.5. The first-order valence-corrected chi connectivity index (χ1v) is 20.3. The van der Waals surface area contributed by atoms with Crippen molar-refractivity contribution in [1.29, 1.82) is 0 Å². The lowest BCUT2D eigenvalue weighted by atomic mass is 10.1. The zero-order chi connectivity index (χ0) is 35.8. The Bertz CT molecular complexity index is 1960. The van der Waals surface area contributed by atoms with E-state index in [2.05, 4.69) is 91.9 Å². The van der Waals surface area contributed by atoms with Crippen molar-refractivity contribution in [3.8, 4) is 0 Å². The Morgan fingerprint density at radius 3 is 2.33 bits per heavy atom. The topological polar surface area (TPSA) is 104 Å². The predicted octanol–water partition coefficient (Wildman–Crippen LogP) is 6.44. The van der Waals surface area contributed by atoms with Gasteiger partial charge in [-0.25, -0.2) is 23.4 Å². The minimum Gasteiger partial charge on any atom is -0.405 e. The second-order valence-electron chi connectivity index (χ2n) is 14.3. The molecular weight excluding hydrogens is 687 g/mol. The van der Waals surface area contributed by atoms with Gasteiger partial charge in [-0.3, -0.25) is 0 Å². The fourth-order valence-electron chi connectivity index (χ4n) is 7.26. The van der Waals surface area contributed by atoms with Gasteiger partial charge in [0.15, 0.2) is 33.8 Å². The van der Waals surface area contributed by atoms with Crippen LogP contribution in [-0.4, -0.2) is 70.2 Å². The Labute approximate surface area is 301 Å². The van der Waals surface area contributed by atoms with Crippen molar-refractivity contribution in [2.45, 2.75) is 87.4 Å². The number of carbonyl (C=O) groups is 1. The van der Waals surface area contributed by atoms with Crippen LogP contribution in [0.3, 0.4) is 0 Å². The maximum absolute atomic E-state index is 14.0. The lowest BCUT2D eigenvalue weighted by molar-refractivity contribution is -0.118. The number of hydrogen-bond donors (Lipinski definition) is 1. The van der Waals surface area contributed by atoms with Gasteiger partial charge in [-0.05, 0) is 45.9 Å². The first kappa shape index (κ1) is 35.4. The molecule has 266 valence electrons. The molecule has 0 radical (unpaired) electrons. The van der Waals surface area contributed by atoms with Crippen molar-refractivity contribution in [3.05, 3.63) is 96.1 Å². The Morgan fingerprint density at radius 1 is 1.00 bits per heavy atom. The van der Waals surface area contributed by atoms with E-state index in [0.29, 0.717) is 28.6 Å². The van der Waals surface area contributed by atoms with E-state index in [0.717, 1.165) is 46.9 Å². The Balaban J connectivity index is 1.22. The number of halogens is 2. The first-order chi connectivity index (χ1) is 24.6. The maximum atomic E-state index is 14.0. The third kappa shape index (κ3) is 6.96. The van der Waals surface area contributed by atoms with E-state index in [1.54, 1.807) is 22.5 Å². The SMILES string of the molecule is CCCSc1nc(N[C@@H]2C[C@H]2c2ccc(F)c(F)c2)c2nnn([C@@H]3C[C@H](C=O)O[C@H]3CO[Si](c3ccccc3)(c3ccccc3)C(C)(C)C)c2n1. The molecule has 5 atom stereocenters. The summed E-state index contributed by atoms with van der Waals surface area (Å²) in [7, 11) is -2.90. The summed E-state index contributed by atoms with van der Waals surface area (Å²) in [5, 5.41) is 15.3. The molecule has 5 aromatic rings. The van der Waals surface area contributed by atoms with Gasteiger partial charge in [-0.2, -0.15) is 0 Å². The number of nitrogens with one attached hydrogen (secondary N) is 1. The summed E-state index contributed by atoms with van der Waals surface area (Å²) in [4.78, 5) is 21.9. The van der Waals surface area contributed by atoms with Crippen LogP contribution in [0.4, 0.5) is 14.6 Å². The van der Waals surface area contributed by atoms with Crippen LogP contribution >= 0.6 is 11.8 Å². The third-order valence-corrected chi connectivity index (χ3v) is 15.9. The molecule has 1 saturated heterocycles. The highest BCUT2D eigenvalue weighted by molar-refractivity contribution is 7.99. The lowest BCUT2D eigenvalue weighted by Gasteiger charge is -2.43. The summed E-state index contributed by atoms with van der Waals surface area (Å²) in [5.74, 6) is -0.358. The summed E-state index contributed by atoms with van der Waals surface area (Å²) < 4.78 is 43.0. The molecule has 1 N–H and O–H groups in total. The van der Waals surface area contributed by atoms with Crippen molar-refractivity contribution in [3.63, 3.8) is 0 Å². The van der Waals surface area contributed by atoms with Crippen molar-refractivity contribution in [2.24, 2.45) is 0 Å². The van der Waals surface area contributed by atoms with Gasteiger partial charge in [0, 0.05) is 24.1 Å². The summed E-state index contributed by atoms with van der Waals surface area (Å²) in [6.07, 6.45) is 1.75. The largest absolute Gasteiger partial charge is 0.405 e.